The molecule has 0 atom stereocenters. The van der Waals surface area contributed by atoms with E-state index in [1.165, 1.54) is 19.2 Å². The topological polar surface area (TPSA) is 102 Å². The first-order valence-corrected chi connectivity index (χ1v) is 10.2. The van der Waals surface area contributed by atoms with Crippen LogP contribution in [0.15, 0.2) is 53.4 Å². The molecule has 0 radical (unpaired) electrons. The van der Waals surface area contributed by atoms with Gasteiger partial charge in [0.05, 0.1) is 17.7 Å². The number of sulfonamides is 1. The minimum atomic E-state index is -3.86. The number of benzene rings is 2. The second-order valence-electron chi connectivity index (χ2n) is 6.46. The average molecular weight is 389 g/mol. The molecule has 1 aliphatic heterocycles. The fourth-order valence-corrected chi connectivity index (χ4v) is 4.13. The predicted octanol–water partition coefficient (Wildman–Crippen LogP) is 2.06. The lowest BCUT2D eigenvalue weighted by molar-refractivity contribution is 0.0714. The van der Waals surface area contributed by atoms with Gasteiger partial charge in [0.15, 0.2) is 0 Å². The largest absolute Gasteiger partial charge is 0.495 e. The van der Waals surface area contributed by atoms with Gasteiger partial charge >= 0.3 is 0 Å². The highest BCUT2D eigenvalue weighted by Crippen LogP contribution is 2.26. The maximum absolute atomic E-state index is 12.8. The number of ether oxygens (including phenoxy) is 1. The van der Waals surface area contributed by atoms with Gasteiger partial charge in [-0.3, -0.25) is 9.52 Å². The van der Waals surface area contributed by atoms with Gasteiger partial charge < -0.3 is 15.4 Å². The molecule has 1 heterocycles. The minimum Gasteiger partial charge on any atom is -0.495 e. The number of nitrogens with one attached hydrogen (secondary N) is 1. The van der Waals surface area contributed by atoms with E-state index in [1.807, 2.05) is 0 Å². The van der Waals surface area contributed by atoms with Crippen molar-refractivity contribution in [1.29, 1.82) is 0 Å². The lowest BCUT2D eigenvalue weighted by atomic mass is 10.0. The molecular weight excluding hydrogens is 366 g/mol. The molecule has 3 N–H and O–H groups in total. The summed E-state index contributed by atoms with van der Waals surface area (Å²) in [6.07, 6.45) is 1.50. The van der Waals surface area contributed by atoms with Crippen LogP contribution in [0.5, 0.6) is 5.75 Å². The van der Waals surface area contributed by atoms with Gasteiger partial charge in [0.2, 0.25) is 0 Å². The van der Waals surface area contributed by atoms with Crippen LogP contribution in [0.2, 0.25) is 0 Å². The molecule has 27 heavy (non-hydrogen) atoms. The summed E-state index contributed by atoms with van der Waals surface area (Å²) in [6, 6.07) is 12.9. The summed E-state index contributed by atoms with van der Waals surface area (Å²) in [6.45, 7) is 1.16. The van der Waals surface area contributed by atoms with Gasteiger partial charge in [-0.05, 0) is 43.2 Å². The average Bonchev–Trinajstić information content (AvgIpc) is 2.68. The Morgan fingerprint density at radius 1 is 1.15 bits per heavy atom. The van der Waals surface area contributed by atoms with Crippen LogP contribution in [0, 0.1) is 0 Å². The number of anilines is 1. The van der Waals surface area contributed by atoms with Crippen LogP contribution < -0.4 is 15.2 Å². The van der Waals surface area contributed by atoms with Crippen LogP contribution in [0.3, 0.4) is 0 Å². The number of rotatable bonds is 5. The normalized spacial score (nSPS) is 15.4. The first-order valence-electron chi connectivity index (χ1n) is 8.71. The van der Waals surface area contributed by atoms with Crippen molar-refractivity contribution in [3.63, 3.8) is 0 Å². The van der Waals surface area contributed by atoms with Crippen LogP contribution in [-0.4, -0.2) is 45.5 Å². The van der Waals surface area contributed by atoms with Gasteiger partial charge in [0.1, 0.15) is 5.75 Å². The quantitative estimate of drug-likeness (QED) is 0.815. The molecule has 0 bridgehead atoms. The zero-order valence-corrected chi connectivity index (χ0v) is 15.9. The Bertz CT molecular complexity index is 922. The molecule has 1 aliphatic rings. The summed E-state index contributed by atoms with van der Waals surface area (Å²) in [7, 11) is -2.39. The van der Waals surface area contributed by atoms with E-state index in [0.717, 1.165) is 12.8 Å². The molecule has 2 aromatic carbocycles. The number of piperidine rings is 1. The second-order valence-corrected chi connectivity index (χ2v) is 8.15. The monoisotopic (exact) mass is 389 g/mol. The summed E-state index contributed by atoms with van der Waals surface area (Å²) in [5.41, 5.74) is 6.55. The zero-order valence-electron chi connectivity index (χ0n) is 15.1. The minimum absolute atomic E-state index is 0.0213. The van der Waals surface area contributed by atoms with Crippen LogP contribution in [0.4, 0.5) is 5.69 Å². The van der Waals surface area contributed by atoms with E-state index in [4.69, 9.17) is 10.5 Å². The van der Waals surface area contributed by atoms with E-state index in [1.54, 1.807) is 41.3 Å². The number of nitrogens with two attached hydrogens (primary N) is 1. The highest BCUT2D eigenvalue weighted by Gasteiger charge is 2.23. The number of amides is 1. The molecule has 1 amide bonds. The molecular formula is C19H23N3O4S. The zero-order chi connectivity index (χ0) is 19.4. The molecule has 0 aliphatic carbocycles. The van der Waals surface area contributed by atoms with E-state index in [-0.39, 0.29) is 16.8 Å². The molecule has 7 nitrogen and oxygen atoms in total. The fraction of sp³-hybridized carbons (Fsp3) is 0.316. The standard InChI is InChI=1S/C19H23N3O4S/c1-26-18-8-3-2-7-17(18)21-27(24,25)16-6-4-5-14(13-16)19(23)22-11-9-15(20)10-12-22/h2-8,13,15,21H,9-12,20H2,1H3. The number of hydrogen-bond acceptors (Lipinski definition) is 5. The molecule has 0 unspecified atom stereocenters. The predicted molar refractivity (Wildman–Crippen MR) is 103 cm³/mol. The van der Waals surface area contributed by atoms with Gasteiger partial charge in [0.25, 0.3) is 15.9 Å². The summed E-state index contributed by atoms with van der Waals surface area (Å²) in [4.78, 5) is 14.4. The molecule has 0 aromatic heterocycles. The molecule has 144 valence electrons. The second kappa shape index (κ2) is 7.98. The Morgan fingerprint density at radius 2 is 1.85 bits per heavy atom. The number of carbonyl (C=O) groups is 1. The van der Waals surface area contributed by atoms with Gasteiger partial charge in [-0.15, -0.1) is 0 Å². The molecule has 1 saturated heterocycles. The van der Waals surface area contributed by atoms with Gasteiger partial charge in [-0.2, -0.15) is 0 Å². The molecule has 2 aromatic rings. The van der Waals surface area contributed by atoms with E-state index >= 15 is 0 Å². The fourth-order valence-electron chi connectivity index (χ4n) is 3.01. The van der Waals surface area contributed by atoms with E-state index in [9.17, 15) is 13.2 Å². The first-order chi connectivity index (χ1) is 12.9. The highest BCUT2D eigenvalue weighted by atomic mass is 32.2. The van der Waals surface area contributed by atoms with E-state index in [2.05, 4.69) is 4.72 Å². The Kier molecular flexibility index (Phi) is 5.67. The number of likely N-dealkylation sites (tertiary alicyclic amines) is 1. The third-order valence-electron chi connectivity index (χ3n) is 4.57. The van der Waals surface area contributed by atoms with Crippen LogP contribution in [-0.2, 0) is 10.0 Å². The molecule has 0 saturated carbocycles. The lowest BCUT2D eigenvalue weighted by Gasteiger charge is -2.30. The van der Waals surface area contributed by atoms with Crippen molar-refractivity contribution in [2.75, 3.05) is 24.9 Å². The Morgan fingerprint density at radius 3 is 2.56 bits per heavy atom. The Balaban J connectivity index is 1.82. The first kappa shape index (κ1) is 19.2. The van der Waals surface area contributed by atoms with E-state index in [0.29, 0.717) is 30.1 Å². The maximum Gasteiger partial charge on any atom is 0.262 e. The molecule has 8 heteroatoms. The van der Waals surface area contributed by atoms with E-state index < -0.39 is 10.0 Å². The van der Waals surface area contributed by atoms with Gasteiger partial charge in [0, 0.05) is 24.7 Å². The van der Waals surface area contributed by atoms with Gasteiger partial charge in [-0.25, -0.2) is 8.42 Å². The lowest BCUT2D eigenvalue weighted by Crippen LogP contribution is -2.42. The maximum atomic E-state index is 12.8. The third-order valence-corrected chi connectivity index (χ3v) is 5.93. The summed E-state index contributed by atoms with van der Waals surface area (Å²) in [5, 5.41) is 0. The van der Waals surface area contributed by atoms with Crippen molar-refractivity contribution in [1.82, 2.24) is 4.90 Å². The van der Waals surface area contributed by atoms with Crippen LogP contribution in [0.1, 0.15) is 23.2 Å². The van der Waals surface area contributed by atoms with Crippen LogP contribution in [0.25, 0.3) is 0 Å². The Labute approximate surface area is 159 Å². The molecule has 0 spiro atoms. The number of para-hydroxylation sites is 2. The summed E-state index contributed by atoms with van der Waals surface area (Å²) >= 11 is 0. The smallest absolute Gasteiger partial charge is 0.262 e. The third kappa shape index (κ3) is 4.40. The SMILES string of the molecule is COc1ccccc1NS(=O)(=O)c1cccc(C(=O)N2CCC(N)CC2)c1. The van der Waals surface area contributed by atoms with Crippen molar-refractivity contribution < 1.29 is 17.9 Å². The van der Waals surface area contributed by atoms with Crippen LogP contribution >= 0.6 is 0 Å². The summed E-state index contributed by atoms with van der Waals surface area (Å²) in [5.74, 6) is 0.231. The highest BCUT2D eigenvalue weighted by molar-refractivity contribution is 7.92. The number of nitrogens with zero attached hydrogens (tertiary/aromatic N) is 1. The summed E-state index contributed by atoms with van der Waals surface area (Å²) < 4.78 is 33.2. The van der Waals surface area contributed by atoms with Crippen molar-refractivity contribution >= 4 is 21.6 Å². The van der Waals surface area contributed by atoms with Crippen molar-refractivity contribution in [2.45, 2.75) is 23.8 Å². The van der Waals surface area contributed by atoms with Gasteiger partial charge in [-0.1, -0.05) is 18.2 Å². The van der Waals surface area contributed by atoms with Crippen molar-refractivity contribution in [2.24, 2.45) is 5.73 Å². The molecule has 1 fully saturated rings. The van der Waals surface area contributed by atoms with Crippen molar-refractivity contribution in [3.05, 3.63) is 54.1 Å². The Hall–Kier alpha value is -2.58. The molecule has 3 rings (SSSR count). The van der Waals surface area contributed by atoms with Crippen molar-refractivity contribution in [3.8, 4) is 5.75 Å². The number of carbonyl (C=O) groups excluding carboxylic acids is 1. The number of hydrogen-bond donors (Lipinski definition) is 2. The number of methoxy groups -OCH3 is 1.